The van der Waals surface area contributed by atoms with Crippen LogP contribution in [0.15, 0.2) is 253 Å². The molecule has 9 aromatic rings. The van der Waals surface area contributed by atoms with Crippen LogP contribution in [0.25, 0.3) is 21.8 Å². The molecule has 0 amide bonds. The van der Waals surface area contributed by atoms with Gasteiger partial charge < -0.3 is 4.98 Å². The van der Waals surface area contributed by atoms with Crippen LogP contribution in [0.1, 0.15) is 5.56 Å². The molecule has 0 atom stereocenters. The smallest absolute Gasteiger partial charge is 0.0465 e. The van der Waals surface area contributed by atoms with E-state index in [0.717, 1.165) is 16.8 Å². The normalized spacial score (nSPS) is 12.5. The van der Waals surface area contributed by atoms with Gasteiger partial charge in [-0.2, -0.15) is 10.0 Å². The van der Waals surface area contributed by atoms with Crippen LogP contribution in [0, 0.1) is 0 Å². The molecule has 0 aliphatic heterocycles. The lowest BCUT2D eigenvalue weighted by Crippen LogP contribution is -2.07. The van der Waals surface area contributed by atoms with E-state index in [4.69, 9.17) is 0 Å². The third-order valence-electron chi connectivity index (χ3n) is 10.1. The first-order valence-electron chi connectivity index (χ1n) is 17.8. The monoisotopic (exact) mass is 705 g/mol. The SMILES string of the molecule is c1ccc(CS(c2ccccc2)(c2ccccc2)c2ccc3[nH]c4ccc(S(c5ccccc5)(c5ccccc5)c5ccccc5)cc4c3c2)cc1. The highest BCUT2D eigenvalue weighted by Crippen LogP contribution is 2.74. The van der Waals surface area contributed by atoms with Crippen molar-refractivity contribution in [1.82, 2.24) is 4.98 Å². The second-order valence-corrected chi connectivity index (χ2v) is 19.4. The van der Waals surface area contributed by atoms with E-state index in [1.807, 2.05) is 0 Å². The van der Waals surface area contributed by atoms with Crippen molar-refractivity contribution in [2.75, 3.05) is 0 Å². The molecule has 1 heterocycles. The first kappa shape index (κ1) is 32.2. The average molecular weight is 706 g/mol. The molecule has 252 valence electrons. The molecule has 0 spiro atoms. The van der Waals surface area contributed by atoms with Gasteiger partial charge in [0.05, 0.1) is 0 Å². The Morgan fingerprint density at radius 3 is 1.08 bits per heavy atom. The van der Waals surface area contributed by atoms with Crippen LogP contribution in [0.5, 0.6) is 0 Å². The van der Waals surface area contributed by atoms with Crippen molar-refractivity contribution in [1.29, 1.82) is 0 Å². The molecule has 0 saturated carbocycles. The molecule has 52 heavy (non-hydrogen) atoms. The number of rotatable bonds is 9. The number of fused-ring (bicyclic) bond motifs is 3. The maximum absolute atomic E-state index is 3.80. The van der Waals surface area contributed by atoms with Crippen LogP contribution < -0.4 is 0 Å². The number of hydrogen-bond acceptors (Lipinski definition) is 0. The van der Waals surface area contributed by atoms with Gasteiger partial charge in [-0.25, -0.2) is 0 Å². The summed E-state index contributed by atoms with van der Waals surface area (Å²) in [5, 5.41) is 2.51. The van der Waals surface area contributed by atoms with E-state index in [1.165, 1.54) is 50.6 Å². The minimum atomic E-state index is -1.82. The van der Waals surface area contributed by atoms with E-state index in [1.54, 1.807) is 0 Å². The van der Waals surface area contributed by atoms with Crippen LogP contribution >= 0.6 is 20.1 Å². The topological polar surface area (TPSA) is 15.8 Å². The summed E-state index contributed by atoms with van der Waals surface area (Å²) in [5.41, 5.74) is 3.65. The lowest BCUT2D eigenvalue weighted by atomic mass is 10.1. The number of benzene rings is 8. The second kappa shape index (κ2) is 13.8. The Balaban J connectivity index is 1.33. The molecule has 0 saturated heterocycles. The van der Waals surface area contributed by atoms with Crippen LogP contribution in [-0.2, 0) is 5.75 Å². The van der Waals surface area contributed by atoms with Gasteiger partial charge in [0.25, 0.3) is 0 Å². The van der Waals surface area contributed by atoms with Crippen LogP contribution in [0.4, 0.5) is 0 Å². The van der Waals surface area contributed by atoms with Crippen molar-refractivity contribution < 1.29 is 0 Å². The zero-order valence-electron chi connectivity index (χ0n) is 28.8. The largest absolute Gasteiger partial charge is 0.355 e. The van der Waals surface area contributed by atoms with E-state index >= 15 is 0 Å². The number of nitrogens with one attached hydrogen (secondary N) is 1. The maximum Gasteiger partial charge on any atom is 0.0465 e. The minimum absolute atomic E-state index is 0.921. The van der Waals surface area contributed by atoms with Gasteiger partial charge in [-0.05, 0) is 117 Å². The van der Waals surface area contributed by atoms with Gasteiger partial charge in [0, 0.05) is 47.1 Å². The Morgan fingerprint density at radius 2 is 0.654 bits per heavy atom. The van der Waals surface area contributed by atoms with Gasteiger partial charge in [-0.15, -0.1) is 10.0 Å². The van der Waals surface area contributed by atoms with Crippen molar-refractivity contribution in [3.8, 4) is 0 Å². The van der Waals surface area contributed by atoms with Crippen molar-refractivity contribution in [3.63, 3.8) is 0 Å². The van der Waals surface area contributed by atoms with Gasteiger partial charge >= 0.3 is 0 Å². The number of H-pyrrole nitrogens is 1. The molecule has 0 bridgehead atoms. The summed E-state index contributed by atoms with van der Waals surface area (Å²) in [6.45, 7) is 0. The predicted octanol–water partition coefficient (Wildman–Crippen LogP) is 14.1. The fourth-order valence-corrected chi connectivity index (χ4v) is 15.5. The standard InChI is InChI=1S/C49H39NS2/c1-7-19-38(20-8-1)37-51(39-21-9-2-10-22-39,40-23-11-3-12-24-40)44-31-33-48-46(35-44)47-36-45(32-34-49(47)50-48)52(41-25-13-4-14-26-41,42-27-15-5-16-28-42)43-29-17-6-18-30-43/h1-36,50H,37H2. The molecule has 1 nitrogen and oxygen atoms in total. The van der Waals surface area contributed by atoms with Crippen molar-refractivity contribution in [2.24, 2.45) is 0 Å². The van der Waals surface area contributed by atoms with E-state index in [2.05, 4.69) is 223 Å². The summed E-state index contributed by atoms with van der Waals surface area (Å²) in [6.07, 6.45) is 0. The first-order chi connectivity index (χ1) is 25.8. The first-order valence-corrected chi connectivity index (χ1v) is 21.2. The highest BCUT2D eigenvalue weighted by atomic mass is 32.3. The molecule has 0 fully saturated rings. The summed E-state index contributed by atoms with van der Waals surface area (Å²) in [6, 6.07) is 81.1. The number of aromatic amines is 1. The van der Waals surface area contributed by atoms with E-state index in [9.17, 15) is 0 Å². The van der Waals surface area contributed by atoms with Crippen molar-refractivity contribution in [2.45, 2.75) is 40.0 Å². The van der Waals surface area contributed by atoms with Gasteiger partial charge in [0.1, 0.15) is 0 Å². The summed E-state index contributed by atoms with van der Waals surface area (Å²) in [7, 11) is -3.52. The maximum atomic E-state index is 3.80. The van der Waals surface area contributed by atoms with Crippen LogP contribution in [0.2, 0.25) is 0 Å². The molecular weight excluding hydrogens is 667 g/mol. The van der Waals surface area contributed by atoms with Crippen LogP contribution in [-0.4, -0.2) is 4.98 Å². The summed E-state index contributed by atoms with van der Waals surface area (Å²) in [5.74, 6) is 0.921. The van der Waals surface area contributed by atoms with E-state index < -0.39 is 20.1 Å². The molecule has 9 rings (SSSR count). The fraction of sp³-hybridized carbons (Fsp3) is 0.0204. The second-order valence-electron chi connectivity index (χ2n) is 13.1. The Hall–Kier alpha value is -5.74. The highest BCUT2D eigenvalue weighted by Gasteiger charge is 2.34. The molecular formula is C49H39NS2. The third kappa shape index (κ3) is 5.45. The van der Waals surface area contributed by atoms with Crippen molar-refractivity contribution >= 4 is 41.9 Å². The minimum Gasteiger partial charge on any atom is -0.355 e. The van der Waals surface area contributed by atoms with Gasteiger partial charge in [0.15, 0.2) is 0 Å². The van der Waals surface area contributed by atoms with E-state index in [-0.39, 0.29) is 0 Å². The molecule has 0 unspecified atom stereocenters. The van der Waals surface area contributed by atoms with Crippen LogP contribution in [0.3, 0.4) is 0 Å². The zero-order valence-corrected chi connectivity index (χ0v) is 30.4. The van der Waals surface area contributed by atoms with Gasteiger partial charge in [-0.3, -0.25) is 0 Å². The quantitative estimate of drug-likeness (QED) is 0.154. The van der Waals surface area contributed by atoms with Gasteiger partial charge in [0.2, 0.25) is 0 Å². The molecule has 1 aromatic heterocycles. The molecule has 0 radical (unpaired) electrons. The Labute approximate surface area is 309 Å². The Morgan fingerprint density at radius 1 is 0.308 bits per heavy atom. The summed E-state index contributed by atoms with van der Waals surface area (Å²) >= 11 is 0. The Kier molecular flexibility index (Phi) is 8.52. The lowest BCUT2D eigenvalue weighted by Gasteiger charge is -2.42. The van der Waals surface area contributed by atoms with Gasteiger partial charge in [-0.1, -0.05) is 121 Å². The molecule has 0 aliphatic rings. The predicted molar refractivity (Wildman–Crippen MR) is 221 cm³/mol. The third-order valence-corrected chi connectivity index (χ3v) is 18.0. The number of aromatic nitrogens is 1. The lowest BCUT2D eigenvalue weighted by molar-refractivity contribution is 1.24. The fourth-order valence-electron chi connectivity index (χ4n) is 7.74. The number of hydrogen-bond donors (Lipinski definition) is 1. The molecule has 0 aliphatic carbocycles. The summed E-state index contributed by atoms with van der Waals surface area (Å²) < 4.78 is 0. The van der Waals surface area contributed by atoms with Crippen molar-refractivity contribution in [3.05, 3.63) is 224 Å². The molecule has 3 heteroatoms. The Bertz CT molecular complexity index is 2430. The summed E-state index contributed by atoms with van der Waals surface area (Å²) in [4.78, 5) is 13.2. The van der Waals surface area contributed by atoms with E-state index in [0.29, 0.717) is 0 Å². The highest BCUT2D eigenvalue weighted by molar-refractivity contribution is 8.34. The molecule has 8 aromatic carbocycles. The average Bonchev–Trinajstić information content (AvgIpc) is 3.60. The zero-order chi connectivity index (χ0) is 34.8. The molecule has 1 N–H and O–H groups in total.